The van der Waals surface area contributed by atoms with Crippen molar-refractivity contribution in [3.63, 3.8) is 0 Å². The van der Waals surface area contributed by atoms with Crippen LogP contribution in [0.5, 0.6) is 11.5 Å². The summed E-state index contributed by atoms with van der Waals surface area (Å²) in [6, 6.07) is 16.0. The lowest BCUT2D eigenvalue weighted by molar-refractivity contribution is 0.102. The van der Waals surface area contributed by atoms with Gasteiger partial charge in [0.15, 0.2) is 11.6 Å². The third-order valence-electron chi connectivity index (χ3n) is 7.61. The summed E-state index contributed by atoms with van der Waals surface area (Å²) in [4.78, 5) is 23.6. The van der Waals surface area contributed by atoms with Gasteiger partial charge in [-0.05, 0) is 78.8 Å². The van der Waals surface area contributed by atoms with Gasteiger partial charge in [0.2, 0.25) is 0 Å². The zero-order valence-corrected chi connectivity index (χ0v) is 26.2. The number of ether oxygens (including phenoxy) is 2. The summed E-state index contributed by atoms with van der Waals surface area (Å²) in [5.41, 5.74) is 10.4. The molecule has 3 N–H and O–H groups in total. The zero-order valence-electron chi connectivity index (χ0n) is 24.6. The Kier molecular flexibility index (Phi) is 10.1. The van der Waals surface area contributed by atoms with Crippen LogP contribution in [0.1, 0.15) is 45.8 Å². The van der Waals surface area contributed by atoms with Crippen LogP contribution in [0.2, 0.25) is 0 Å². The van der Waals surface area contributed by atoms with E-state index in [0.29, 0.717) is 46.0 Å². The lowest BCUT2D eigenvalue weighted by Gasteiger charge is -2.22. The van der Waals surface area contributed by atoms with Crippen molar-refractivity contribution in [2.45, 2.75) is 32.2 Å². The minimum absolute atomic E-state index is 0.0295. The average Bonchev–Trinajstić information content (AvgIpc) is 3.86. The molecule has 1 amide bonds. The number of rotatable bonds is 13. The van der Waals surface area contributed by atoms with Gasteiger partial charge >= 0.3 is 0 Å². The van der Waals surface area contributed by atoms with E-state index >= 15 is 0 Å². The summed E-state index contributed by atoms with van der Waals surface area (Å²) in [6.07, 6.45) is 3.43. The van der Waals surface area contributed by atoms with Gasteiger partial charge < -0.3 is 20.5 Å². The molecule has 0 aliphatic heterocycles. The Hall–Kier alpha value is -4.09. The first-order chi connectivity index (χ1) is 21.3. The normalized spacial score (nSPS) is 12.8. The lowest BCUT2D eigenvalue weighted by Crippen LogP contribution is -2.30. The number of methoxy groups -OCH3 is 1. The third kappa shape index (κ3) is 7.51. The van der Waals surface area contributed by atoms with Crippen LogP contribution in [0.15, 0.2) is 65.4 Å². The molecule has 0 spiro atoms. The van der Waals surface area contributed by atoms with Gasteiger partial charge in [0.05, 0.1) is 12.7 Å². The maximum Gasteiger partial charge on any atom is 0.258 e. The SMILES string of the molecule is COc1ccc(CN(CCF)CCOc2c(N)ncnc2-c2cc(Br)cc(NC(=O)c3ccc(C4CC4)cc3F)c2C)cc1. The van der Waals surface area contributed by atoms with Crippen molar-refractivity contribution < 1.29 is 23.0 Å². The molecule has 1 heterocycles. The highest BCUT2D eigenvalue weighted by molar-refractivity contribution is 9.10. The number of nitrogens with zero attached hydrogens (tertiary/aromatic N) is 3. The zero-order chi connectivity index (χ0) is 31.2. The molecule has 3 aromatic carbocycles. The molecule has 1 aliphatic rings. The van der Waals surface area contributed by atoms with Gasteiger partial charge in [-0.1, -0.05) is 34.1 Å². The van der Waals surface area contributed by atoms with E-state index < -0.39 is 18.4 Å². The predicted molar refractivity (Wildman–Crippen MR) is 170 cm³/mol. The van der Waals surface area contributed by atoms with Gasteiger partial charge in [0.1, 0.15) is 36.9 Å². The smallest absolute Gasteiger partial charge is 0.258 e. The van der Waals surface area contributed by atoms with Crippen LogP contribution < -0.4 is 20.5 Å². The Morgan fingerprint density at radius 2 is 1.89 bits per heavy atom. The van der Waals surface area contributed by atoms with E-state index in [4.69, 9.17) is 15.2 Å². The fourth-order valence-electron chi connectivity index (χ4n) is 5.01. The Bertz CT molecular complexity index is 1630. The van der Waals surface area contributed by atoms with Gasteiger partial charge in [0.25, 0.3) is 5.91 Å². The molecule has 1 aromatic heterocycles. The third-order valence-corrected chi connectivity index (χ3v) is 8.07. The molecule has 0 bridgehead atoms. The van der Waals surface area contributed by atoms with Crippen LogP contribution >= 0.6 is 15.9 Å². The molecule has 0 radical (unpaired) electrons. The number of nitrogen functional groups attached to an aromatic ring is 1. The molecular weight excluding hydrogens is 632 g/mol. The number of nitrogens with two attached hydrogens (primary N) is 1. The highest BCUT2D eigenvalue weighted by Crippen LogP contribution is 2.41. The van der Waals surface area contributed by atoms with Crippen molar-refractivity contribution in [2.24, 2.45) is 0 Å². The number of anilines is 2. The minimum Gasteiger partial charge on any atom is -0.497 e. The number of amides is 1. The summed E-state index contributed by atoms with van der Waals surface area (Å²) in [7, 11) is 1.61. The molecule has 0 unspecified atom stereocenters. The molecule has 230 valence electrons. The second kappa shape index (κ2) is 14.1. The topological polar surface area (TPSA) is 103 Å². The second-order valence-electron chi connectivity index (χ2n) is 10.7. The Morgan fingerprint density at radius 1 is 1.11 bits per heavy atom. The van der Waals surface area contributed by atoms with E-state index in [9.17, 15) is 13.6 Å². The van der Waals surface area contributed by atoms with Crippen molar-refractivity contribution in [1.82, 2.24) is 14.9 Å². The molecular formula is C33H34BrF2N5O3. The van der Waals surface area contributed by atoms with E-state index in [-0.39, 0.29) is 30.3 Å². The molecule has 0 saturated heterocycles. The highest BCUT2D eigenvalue weighted by atomic mass is 79.9. The number of carbonyl (C=O) groups is 1. The van der Waals surface area contributed by atoms with E-state index in [0.717, 1.165) is 29.7 Å². The van der Waals surface area contributed by atoms with Gasteiger partial charge in [0, 0.05) is 35.4 Å². The van der Waals surface area contributed by atoms with Crippen molar-refractivity contribution in [3.8, 4) is 22.8 Å². The quantitative estimate of drug-likeness (QED) is 0.160. The van der Waals surface area contributed by atoms with Gasteiger partial charge in [-0.3, -0.25) is 9.69 Å². The number of carbonyl (C=O) groups excluding carboxylic acids is 1. The number of alkyl halides is 1. The van der Waals surface area contributed by atoms with E-state index in [1.807, 2.05) is 48.2 Å². The van der Waals surface area contributed by atoms with Crippen LogP contribution in [-0.4, -0.2) is 54.3 Å². The standard InChI is InChI=1S/C33H34BrF2N5O3/c1-20-27(16-24(34)17-29(20)40-33(42)26-10-7-23(15-28(26)36)22-5-6-22)30-31(32(37)39-19-38-30)44-14-13-41(12-11-35)18-21-3-8-25(43-2)9-4-21/h3-4,7-10,15-17,19,22H,5-6,11-14,18H2,1-2H3,(H,40,42)(H2,37,38,39). The largest absolute Gasteiger partial charge is 0.497 e. The number of benzene rings is 3. The fourth-order valence-corrected chi connectivity index (χ4v) is 5.47. The molecule has 1 fully saturated rings. The van der Waals surface area contributed by atoms with Crippen molar-refractivity contribution in [1.29, 1.82) is 0 Å². The van der Waals surface area contributed by atoms with E-state index in [2.05, 4.69) is 31.2 Å². The molecule has 1 saturated carbocycles. The maximum atomic E-state index is 14.8. The first-order valence-electron chi connectivity index (χ1n) is 14.3. The minimum atomic E-state index is -0.555. The van der Waals surface area contributed by atoms with Crippen molar-refractivity contribution in [2.75, 3.05) is 44.5 Å². The van der Waals surface area contributed by atoms with Crippen LogP contribution in [0, 0.1) is 12.7 Å². The monoisotopic (exact) mass is 665 g/mol. The van der Waals surface area contributed by atoms with Crippen LogP contribution in [-0.2, 0) is 6.54 Å². The number of nitrogens with one attached hydrogen (secondary N) is 1. The van der Waals surface area contributed by atoms with Gasteiger partial charge in [-0.25, -0.2) is 18.7 Å². The lowest BCUT2D eigenvalue weighted by atomic mass is 10.0. The molecule has 4 aromatic rings. The summed E-state index contributed by atoms with van der Waals surface area (Å²) < 4.78 is 40.2. The first kappa shape index (κ1) is 31.3. The molecule has 1 aliphatic carbocycles. The Morgan fingerprint density at radius 3 is 2.57 bits per heavy atom. The Balaban J connectivity index is 1.33. The number of hydrogen-bond acceptors (Lipinski definition) is 7. The van der Waals surface area contributed by atoms with Crippen LogP contribution in [0.25, 0.3) is 11.3 Å². The number of hydrogen-bond donors (Lipinski definition) is 2. The molecule has 0 atom stereocenters. The first-order valence-corrected chi connectivity index (χ1v) is 15.1. The average molecular weight is 667 g/mol. The predicted octanol–water partition coefficient (Wildman–Crippen LogP) is 6.92. The molecule has 5 rings (SSSR count). The summed E-state index contributed by atoms with van der Waals surface area (Å²) >= 11 is 3.52. The molecule has 8 nitrogen and oxygen atoms in total. The second-order valence-corrected chi connectivity index (χ2v) is 11.6. The number of halogens is 3. The molecule has 11 heteroatoms. The highest BCUT2D eigenvalue weighted by Gasteiger charge is 2.25. The van der Waals surface area contributed by atoms with Crippen LogP contribution in [0.4, 0.5) is 20.3 Å². The summed E-state index contributed by atoms with van der Waals surface area (Å²) in [5, 5.41) is 2.84. The van der Waals surface area contributed by atoms with Gasteiger partial charge in [-0.2, -0.15) is 0 Å². The summed E-state index contributed by atoms with van der Waals surface area (Å²) in [5.74, 6) is 0.450. The van der Waals surface area contributed by atoms with Crippen molar-refractivity contribution >= 4 is 33.3 Å². The Labute approximate surface area is 263 Å². The van der Waals surface area contributed by atoms with Gasteiger partial charge in [-0.15, -0.1) is 0 Å². The number of aromatic nitrogens is 2. The maximum absolute atomic E-state index is 14.8. The van der Waals surface area contributed by atoms with Crippen molar-refractivity contribution in [3.05, 3.63) is 93.5 Å². The molecule has 44 heavy (non-hydrogen) atoms. The van der Waals surface area contributed by atoms with E-state index in [1.54, 1.807) is 13.2 Å². The van der Waals surface area contributed by atoms with Crippen LogP contribution in [0.3, 0.4) is 0 Å². The summed E-state index contributed by atoms with van der Waals surface area (Å²) in [6.45, 7) is 2.71. The van der Waals surface area contributed by atoms with E-state index in [1.165, 1.54) is 18.5 Å². The fraction of sp³-hybridized carbons (Fsp3) is 0.303.